The Hall–Kier alpha value is -2.06. The highest BCUT2D eigenvalue weighted by Gasteiger charge is 2.07. The number of H-pyrrole nitrogens is 1. The second kappa shape index (κ2) is 5.51. The summed E-state index contributed by atoms with van der Waals surface area (Å²) in [5.41, 5.74) is 5.19. The molecule has 1 heterocycles. The lowest BCUT2D eigenvalue weighted by atomic mass is 10.1. The van der Waals surface area contributed by atoms with Crippen LogP contribution in [0.2, 0.25) is 0 Å². The number of benzene rings is 2. The Kier molecular flexibility index (Phi) is 3.57. The van der Waals surface area contributed by atoms with Gasteiger partial charge >= 0.3 is 0 Å². The molecule has 0 radical (unpaired) electrons. The van der Waals surface area contributed by atoms with Crippen LogP contribution in [0.1, 0.15) is 29.7 Å². The molecule has 0 aliphatic carbocycles. The van der Waals surface area contributed by atoms with Gasteiger partial charge in [0.15, 0.2) is 0 Å². The van der Waals surface area contributed by atoms with Crippen molar-refractivity contribution in [2.24, 2.45) is 0 Å². The minimum absolute atomic E-state index is 0.347. The summed E-state index contributed by atoms with van der Waals surface area (Å²) in [6.45, 7) is 5.21. The monoisotopic (exact) mass is 264 g/mol. The van der Waals surface area contributed by atoms with Gasteiger partial charge in [-0.3, -0.25) is 0 Å². The van der Waals surface area contributed by atoms with Crippen LogP contribution in [-0.2, 0) is 6.54 Å². The first kappa shape index (κ1) is 12.9. The highest BCUT2D eigenvalue weighted by atomic mass is 14.9. The zero-order valence-corrected chi connectivity index (χ0v) is 12.0. The number of hydrogen-bond donors (Lipinski definition) is 2. The van der Waals surface area contributed by atoms with Crippen molar-refractivity contribution in [1.29, 1.82) is 0 Å². The molecule has 2 heteroatoms. The van der Waals surface area contributed by atoms with Crippen LogP contribution in [0.3, 0.4) is 0 Å². The summed E-state index contributed by atoms with van der Waals surface area (Å²) in [6.07, 6.45) is 2.00. The third kappa shape index (κ3) is 2.61. The number of rotatable bonds is 4. The largest absolute Gasteiger partial charge is 0.361 e. The van der Waals surface area contributed by atoms with E-state index in [1.807, 2.05) is 6.20 Å². The summed E-state index contributed by atoms with van der Waals surface area (Å²) in [7, 11) is 0. The smallest absolute Gasteiger partial charge is 0.0499 e. The van der Waals surface area contributed by atoms with E-state index in [1.54, 1.807) is 0 Å². The summed E-state index contributed by atoms with van der Waals surface area (Å²) >= 11 is 0. The van der Waals surface area contributed by atoms with Gasteiger partial charge in [0, 0.05) is 24.3 Å². The van der Waals surface area contributed by atoms with Gasteiger partial charge in [0.2, 0.25) is 0 Å². The predicted molar refractivity (Wildman–Crippen MR) is 84.7 cm³/mol. The quantitative estimate of drug-likeness (QED) is 0.721. The molecular weight excluding hydrogens is 244 g/mol. The fourth-order valence-corrected chi connectivity index (χ4v) is 2.62. The molecule has 0 spiro atoms. The minimum atomic E-state index is 0.347. The molecule has 2 N–H and O–H groups in total. The Balaban J connectivity index is 1.74. The van der Waals surface area contributed by atoms with E-state index in [1.165, 1.54) is 27.6 Å². The molecular formula is C18H20N2. The molecule has 0 aliphatic heterocycles. The lowest BCUT2D eigenvalue weighted by molar-refractivity contribution is 0.576. The zero-order chi connectivity index (χ0) is 13.9. The molecule has 0 fully saturated rings. The molecule has 3 rings (SSSR count). The summed E-state index contributed by atoms with van der Waals surface area (Å²) < 4.78 is 0. The van der Waals surface area contributed by atoms with Crippen molar-refractivity contribution in [2.75, 3.05) is 0 Å². The molecule has 3 aromatic rings. The SMILES string of the molecule is Cc1cccc([C@H](C)NCc2cccc3cc[nH]c23)c1. The number of aromatic nitrogens is 1. The van der Waals surface area contributed by atoms with Gasteiger partial charge in [0.05, 0.1) is 0 Å². The van der Waals surface area contributed by atoms with Crippen molar-refractivity contribution in [1.82, 2.24) is 10.3 Å². The van der Waals surface area contributed by atoms with E-state index in [4.69, 9.17) is 0 Å². The highest BCUT2D eigenvalue weighted by molar-refractivity contribution is 5.82. The Bertz CT molecular complexity index is 712. The van der Waals surface area contributed by atoms with E-state index < -0.39 is 0 Å². The zero-order valence-electron chi connectivity index (χ0n) is 12.0. The van der Waals surface area contributed by atoms with Crippen LogP contribution in [-0.4, -0.2) is 4.98 Å². The van der Waals surface area contributed by atoms with Crippen LogP contribution in [0.5, 0.6) is 0 Å². The van der Waals surface area contributed by atoms with Crippen molar-refractivity contribution in [2.45, 2.75) is 26.4 Å². The summed E-state index contributed by atoms with van der Waals surface area (Å²) in [5, 5.41) is 4.88. The van der Waals surface area contributed by atoms with Crippen molar-refractivity contribution in [3.8, 4) is 0 Å². The van der Waals surface area contributed by atoms with Crippen molar-refractivity contribution in [3.63, 3.8) is 0 Å². The van der Waals surface area contributed by atoms with Gasteiger partial charge in [-0.05, 0) is 36.4 Å². The molecule has 0 saturated heterocycles. The third-order valence-corrected chi connectivity index (χ3v) is 3.81. The van der Waals surface area contributed by atoms with Gasteiger partial charge in [0.25, 0.3) is 0 Å². The van der Waals surface area contributed by atoms with Gasteiger partial charge in [-0.2, -0.15) is 0 Å². The highest BCUT2D eigenvalue weighted by Crippen LogP contribution is 2.19. The van der Waals surface area contributed by atoms with Crippen molar-refractivity contribution in [3.05, 3.63) is 71.4 Å². The molecule has 20 heavy (non-hydrogen) atoms. The Labute approximate surface area is 119 Å². The van der Waals surface area contributed by atoms with Crippen LogP contribution in [0.15, 0.2) is 54.7 Å². The average Bonchev–Trinajstić information content (AvgIpc) is 2.93. The molecule has 1 aromatic heterocycles. The molecule has 0 saturated carbocycles. The first-order valence-corrected chi connectivity index (χ1v) is 7.09. The van der Waals surface area contributed by atoms with Gasteiger partial charge in [-0.15, -0.1) is 0 Å². The molecule has 2 aromatic carbocycles. The third-order valence-electron chi connectivity index (χ3n) is 3.81. The summed E-state index contributed by atoms with van der Waals surface area (Å²) in [5.74, 6) is 0. The first-order chi connectivity index (χ1) is 9.74. The lowest BCUT2D eigenvalue weighted by Crippen LogP contribution is -2.18. The Morgan fingerprint density at radius 1 is 1.10 bits per heavy atom. The molecule has 2 nitrogen and oxygen atoms in total. The predicted octanol–water partition coefficient (Wildman–Crippen LogP) is 4.33. The normalized spacial score (nSPS) is 12.7. The fourth-order valence-electron chi connectivity index (χ4n) is 2.62. The van der Waals surface area contributed by atoms with Crippen molar-refractivity contribution < 1.29 is 0 Å². The number of aromatic amines is 1. The minimum Gasteiger partial charge on any atom is -0.361 e. The van der Waals surface area contributed by atoms with E-state index >= 15 is 0 Å². The van der Waals surface area contributed by atoms with Gasteiger partial charge in [-0.1, -0.05) is 48.0 Å². The van der Waals surface area contributed by atoms with Crippen LogP contribution >= 0.6 is 0 Å². The Morgan fingerprint density at radius 3 is 2.80 bits per heavy atom. The van der Waals surface area contributed by atoms with Crippen LogP contribution in [0, 0.1) is 6.92 Å². The summed E-state index contributed by atoms with van der Waals surface area (Å²) in [4.78, 5) is 3.32. The van der Waals surface area contributed by atoms with E-state index in [-0.39, 0.29) is 0 Å². The molecule has 0 aliphatic rings. The molecule has 0 amide bonds. The van der Waals surface area contributed by atoms with Crippen LogP contribution < -0.4 is 5.32 Å². The molecule has 0 bridgehead atoms. The molecule has 1 atom stereocenters. The first-order valence-electron chi connectivity index (χ1n) is 7.09. The second-order valence-corrected chi connectivity index (χ2v) is 5.38. The van der Waals surface area contributed by atoms with Gasteiger partial charge in [-0.25, -0.2) is 0 Å². The van der Waals surface area contributed by atoms with E-state index in [0.29, 0.717) is 6.04 Å². The standard InChI is InChI=1S/C18H20N2/c1-13-5-3-7-16(11-13)14(2)20-12-17-8-4-6-15-9-10-19-18(15)17/h3-11,14,19-20H,12H2,1-2H3/t14-/m0/s1. The maximum Gasteiger partial charge on any atom is 0.0499 e. The maximum atomic E-state index is 3.60. The number of hydrogen-bond acceptors (Lipinski definition) is 1. The van der Waals surface area contributed by atoms with Crippen molar-refractivity contribution >= 4 is 10.9 Å². The van der Waals surface area contributed by atoms with Crippen LogP contribution in [0.4, 0.5) is 0 Å². The maximum absolute atomic E-state index is 3.60. The molecule has 102 valence electrons. The molecule has 0 unspecified atom stereocenters. The lowest BCUT2D eigenvalue weighted by Gasteiger charge is -2.15. The second-order valence-electron chi connectivity index (χ2n) is 5.38. The van der Waals surface area contributed by atoms with Gasteiger partial charge in [0.1, 0.15) is 0 Å². The number of para-hydroxylation sites is 1. The Morgan fingerprint density at radius 2 is 1.95 bits per heavy atom. The average molecular weight is 264 g/mol. The van der Waals surface area contributed by atoms with E-state index in [0.717, 1.165) is 6.54 Å². The van der Waals surface area contributed by atoms with E-state index in [2.05, 4.69) is 72.7 Å². The number of aryl methyl sites for hydroxylation is 1. The summed E-state index contributed by atoms with van der Waals surface area (Å²) in [6, 6.07) is 17.6. The number of fused-ring (bicyclic) bond motifs is 1. The fraction of sp³-hybridized carbons (Fsp3) is 0.222. The topological polar surface area (TPSA) is 27.8 Å². The van der Waals surface area contributed by atoms with Crippen LogP contribution in [0.25, 0.3) is 10.9 Å². The number of nitrogens with one attached hydrogen (secondary N) is 2. The van der Waals surface area contributed by atoms with E-state index in [9.17, 15) is 0 Å². The van der Waals surface area contributed by atoms with Gasteiger partial charge < -0.3 is 10.3 Å².